The number of aromatic nitrogens is 2. The highest BCUT2D eigenvalue weighted by atomic mass is 16.6. The Morgan fingerprint density at radius 3 is 2.44 bits per heavy atom. The maximum Gasteiger partial charge on any atom is 0.344 e. The molecular formula is C20H22N2O3. The summed E-state index contributed by atoms with van der Waals surface area (Å²) in [7, 11) is 0. The monoisotopic (exact) mass is 338 g/mol. The Morgan fingerprint density at radius 1 is 1.08 bits per heavy atom. The van der Waals surface area contributed by atoms with Crippen molar-refractivity contribution in [2.75, 3.05) is 6.61 Å². The molecule has 1 aromatic heterocycles. The number of carbonyl (C=O) groups is 1. The second-order valence-corrected chi connectivity index (χ2v) is 6.88. The SMILES string of the molecule is Cc1nn(-c2ccc(OCC(=O)OC(C)(C)C)cc2)c2ccccc12. The van der Waals surface area contributed by atoms with E-state index in [0.29, 0.717) is 5.75 Å². The second kappa shape index (κ2) is 6.59. The van der Waals surface area contributed by atoms with E-state index < -0.39 is 5.60 Å². The maximum atomic E-state index is 11.7. The van der Waals surface area contributed by atoms with Crippen LogP contribution in [0.25, 0.3) is 16.6 Å². The summed E-state index contributed by atoms with van der Waals surface area (Å²) in [4.78, 5) is 11.7. The van der Waals surface area contributed by atoms with Gasteiger partial charge in [-0.05, 0) is 58.0 Å². The molecule has 3 aromatic rings. The average molecular weight is 338 g/mol. The van der Waals surface area contributed by atoms with Gasteiger partial charge in [-0.1, -0.05) is 18.2 Å². The van der Waals surface area contributed by atoms with Crippen LogP contribution in [0, 0.1) is 6.92 Å². The number of nitrogens with zero attached hydrogens (tertiary/aromatic N) is 2. The van der Waals surface area contributed by atoms with Gasteiger partial charge in [-0.3, -0.25) is 0 Å². The molecule has 0 unspecified atom stereocenters. The van der Waals surface area contributed by atoms with Gasteiger partial charge in [0, 0.05) is 5.39 Å². The normalized spacial score (nSPS) is 11.5. The van der Waals surface area contributed by atoms with Crippen molar-refractivity contribution in [2.24, 2.45) is 0 Å². The molecule has 130 valence electrons. The summed E-state index contributed by atoms with van der Waals surface area (Å²) in [5.74, 6) is 0.230. The first-order valence-corrected chi connectivity index (χ1v) is 8.23. The van der Waals surface area contributed by atoms with Crippen molar-refractivity contribution in [3.63, 3.8) is 0 Å². The molecule has 2 aromatic carbocycles. The van der Waals surface area contributed by atoms with Crippen LogP contribution in [0.2, 0.25) is 0 Å². The lowest BCUT2D eigenvalue weighted by Crippen LogP contribution is -2.27. The third-order valence-corrected chi connectivity index (χ3v) is 3.63. The van der Waals surface area contributed by atoms with Crippen LogP contribution in [0.1, 0.15) is 26.5 Å². The zero-order valence-electron chi connectivity index (χ0n) is 14.9. The van der Waals surface area contributed by atoms with Gasteiger partial charge in [-0.2, -0.15) is 5.10 Å². The van der Waals surface area contributed by atoms with Gasteiger partial charge in [0.05, 0.1) is 16.9 Å². The summed E-state index contributed by atoms with van der Waals surface area (Å²) in [6.07, 6.45) is 0. The van der Waals surface area contributed by atoms with E-state index in [-0.39, 0.29) is 12.6 Å². The van der Waals surface area contributed by atoms with Crippen molar-refractivity contribution in [2.45, 2.75) is 33.3 Å². The molecule has 0 amide bonds. The molecule has 1 heterocycles. The first-order valence-electron chi connectivity index (χ1n) is 8.23. The Kier molecular flexibility index (Phi) is 4.49. The van der Waals surface area contributed by atoms with E-state index in [2.05, 4.69) is 11.2 Å². The molecule has 0 spiro atoms. The fourth-order valence-corrected chi connectivity index (χ4v) is 2.62. The maximum absolute atomic E-state index is 11.7. The zero-order valence-corrected chi connectivity index (χ0v) is 14.9. The van der Waals surface area contributed by atoms with Gasteiger partial charge >= 0.3 is 5.97 Å². The summed E-state index contributed by atoms with van der Waals surface area (Å²) in [5.41, 5.74) is 2.47. The van der Waals surface area contributed by atoms with E-state index in [1.165, 1.54) is 0 Å². The molecule has 0 atom stereocenters. The molecule has 0 bridgehead atoms. The summed E-state index contributed by atoms with van der Waals surface area (Å²) in [6.45, 7) is 7.37. The number of hydrogen-bond donors (Lipinski definition) is 0. The number of carbonyl (C=O) groups excluding carboxylic acids is 1. The fourth-order valence-electron chi connectivity index (χ4n) is 2.62. The largest absolute Gasteiger partial charge is 0.482 e. The minimum absolute atomic E-state index is 0.111. The summed E-state index contributed by atoms with van der Waals surface area (Å²) < 4.78 is 12.6. The molecule has 0 radical (unpaired) electrons. The van der Waals surface area contributed by atoms with Crippen LogP contribution >= 0.6 is 0 Å². The van der Waals surface area contributed by atoms with Crippen molar-refractivity contribution < 1.29 is 14.3 Å². The van der Waals surface area contributed by atoms with Gasteiger partial charge in [0.25, 0.3) is 0 Å². The molecule has 5 nitrogen and oxygen atoms in total. The highest BCUT2D eigenvalue weighted by molar-refractivity contribution is 5.83. The molecule has 0 fully saturated rings. The summed E-state index contributed by atoms with van der Waals surface area (Å²) >= 11 is 0. The zero-order chi connectivity index (χ0) is 18.0. The predicted octanol–water partition coefficient (Wildman–Crippen LogP) is 4.05. The van der Waals surface area contributed by atoms with Gasteiger partial charge in [0.1, 0.15) is 11.4 Å². The Bertz CT molecular complexity index is 889. The van der Waals surface area contributed by atoms with E-state index >= 15 is 0 Å². The van der Waals surface area contributed by atoms with Crippen LogP contribution in [0.3, 0.4) is 0 Å². The van der Waals surface area contributed by atoms with E-state index in [9.17, 15) is 4.79 Å². The molecule has 3 rings (SSSR count). The van der Waals surface area contributed by atoms with Crippen LogP contribution in [-0.4, -0.2) is 28.0 Å². The minimum Gasteiger partial charge on any atom is -0.482 e. The smallest absolute Gasteiger partial charge is 0.344 e. The van der Waals surface area contributed by atoms with Crippen LogP contribution in [0.5, 0.6) is 5.75 Å². The standard InChI is InChI=1S/C20H22N2O3/c1-14-17-7-5-6-8-18(17)22(21-14)15-9-11-16(12-10-15)24-13-19(23)25-20(2,3)4/h5-12H,13H2,1-4H3. The third-order valence-electron chi connectivity index (χ3n) is 3.63. The predicted molar refractivity (Wildman–Crippen MR) is 97.1 cm³/mol. The lowest BCUT2D eigenvalue weighted by molar-refractivity contribution is -0.157. The number of ether oxygens (including phenoxy) is 2. The van der Waals surface area contributed by atoms with E-state index in [4.69, 9.17) is 9.47 Å². The molecule has 0 aliphatic carbocycles. The summed E-state index contributed by atoms with van der Waals surface area (Å²) in [5, 5.41) is 5.74. The molecule has 0 saturated carbocycles. The van der Waals surface area contributed by atoms with E-state index in [1.807, 2.05) is 74.8 Å². The number of aryl methyl sites for hydroxylation is 1. The highest BCUT2D eigenvalue weighted by Gasteiger charge is 2.16. The van der Waals surface area contributed by atoms with Gasteiger partial charge in [0.15, 0.2) is 6.61 Å². The van der Waals surface area contributed by atoms with Crippen LogP contribution < -0.4 is 4.74 Å². The quantitative estimate of drug-likeness (QED) is 0.673. The minimum atomic E-state index is -0.511. The molecule has 5 heteroatoms. The Balaban J connectivity index is 1.73. The Labute approximate surface area is 147 Å². The van der Waals surface area contributed by atoms with Gasteiger partial charge < -0.3 is 9.47 Å². The van der Waals surface area contributed by atoms with Crippen molar-refractivity contribution in [1.82, 2.24) is 9.78 Å². The Morgan fingerprint density at radius 2 is 1.76 bits per heavy atom. The molecule has 0 aliphatic rings. The average Bonchev–Trinajstić information content (AvgIpc) is 2.89. The number of esters is 1. The van der Waals surface area contributed by atoms with Gasteiger partial charge in [0.2, 0.25) is 0 Å². The first kappa shape index (κ1) is 17.0. The molecule has 0 aliphatic heterocycles. The fraction of sp³-hybridized carbons (Fsp3) is 0.300. The number of hydrogen-bond acceptors (Lipinski definition) is 4. The lowest BCUT2D eigenvalue weighted by atomic mass is 10.2. The Hall–Kier alpha value is -2.82. The number of rotatable bonds is 4. The van der Waals surface area contributed by atoms with Crippen molar-refractivity contribution in [3.8, 4) is 11.4 Å². The summed E-state index contributed by atoms with van der Waals surface area (Å²) in [6, 6.07) is 15.6. The number of fused-ring (bicyclic) bond motifs is 1. The van der Waals surface area contributed by atoms with E-state index in [1.54, 1.807) is 0 Å². The molecule has 0 saturated heterocycles. The highest BCUT2D eigenvalue weighted by Crippen LogP contribution is 2.23. The van der Waals surface area contributed by atoms with E-state index in [0.717, 1.165) is 22.3 Å². The lowest BCUT2D eigenvalue weighted by Gasteiger charge is -2.19. The van der Waals surface area contributed by atoms with Gasteiger partial charge in [-0.25, -0.2) is 9.48 Å². The molecule has 0 N–H and O–H groups in total. The van der Waals surface area contributed by atoms with Crippen molar-refractivity contribution in [3.05, 3.63) is 54.2 Å². The topological polar surface area (TPSA) is 53.4 Å². The van der Waals surface area contributed by atoms with Crippen LogP contribution in [0.15, 0.2) is 48.5 Å². The molecular weight excluding hydrogens is 316 g/mol. The van der Waals surface area contributed by atoms with Crippen LogP contribution in [0.4, 0.5) is 0 Å². The van der Waals surface area contributed by atoms with Crippen LogP contribution in [-0.2, 0) is 9.53 Å². The number of para-hydroxylation sites is 1. The number of benzene rings is 2. The second-order valence-electron chi connectivity index (χ2n) is 6.88. The van der Waals surface area contributed by atoms with Crippen molar-refractivity contribution in [1.29, 1.82) is 0 Å². The van der Waals surface area contributed by atoms with Crippen molar-refractivity contribution >= 4 is 16.9 Å². The first-order chi connectivity index (χ1) is 11.8. The molecule has 25 heavy (non-hydrogen) atoms. The third kappa shape index (κ3) is 3.99. The van der Waals surface area contributed by atoms with Gasteiger partial charge in [-0.15, -0.1) is 0 Å².